The molecule has 0 aliphatic carbocycles. The molecule has 0 heterocycles. The van der Waals surface area contributed by atoms with Crippen molar-refractivity contribution in [2.45, 2.75) is 80.3 Å². The van der Waals surface area contributed by atoms with Gasteiger partial charge >= 0.3 is 0 Å². The minimum absolute atomic E-state index is 0.0184. The highest BCUT2D eigenvalue weighted by Gasteiger charge is 2.47. The van der Waals surface area contributed by atoms with Crippen molar-refractivity contribution in [3.05, 3.63) is 0 Å². The maximum absolute atomic E-state index is 9.27. The molecule has 1 N–H and O–H groups in total. The van der Waals surface area contributed by atoms with Crippen LogP contribution in [0.25, 0.3) is 0 Å². The Kier molecular flexibility index (Phi) is 6.71. The Labute approximate surface area is 108 Å². The van der Waals surface area contributed by atoms with E-state index in [9.17, 15) is 5.26 Å². The summed E-state index contributed by atoms with van der Waals surface area (Å²) in [7, 11) is 0. The van der Waals surface area contributed by atoms with Gasteiger partial charge in [-0.2, -0.15) is 0 Å². The second-order valence-corrected chi connectivity index (χ2v) is 6.78. The topological polar surface area (TPSA) is 29.5 Å². The van der Waals surface area contributed by atoms with E-state index in [0.717, 1.165) is 12.8 Å². The molecule has 0 aliphatic heterocycles. The van der Waals surface area contributed by atoms with E-state index in [1.165, 1.54) is 12.8 Å². The van der Waals surface area contributed by atoms with Crippen molar-refractivity contribution < 1.29 is 10.1 Å². The van der Waals surface area contributed by atoms with Crippen molar-refractivity contribution in [2.24, 2.45) is 16.7 Å². The van der Waals surface area contributed by atoms with E-state index >= 15 is 0 Å². The molecule has 0 saturated carbocycles. The molecule has 0 amide bonds. The fourth-order valence-corrected chi connectivity index (χ4v) is 2.76. The number of unbranched alkanes of at least 4 members (excludes halogenated alkanes) is 2. The van der Waals surface area contributed by atoms with Crippen molar-refractivity contribution in [3.63, 3.8) is 0 Å². The van der Waals surface area contributed by atoms with Gasteiger partial charge in [0.15, 0.2) is 0 Å². The predicted octanol–water partition coefficient (Wildman–Crippen LogP) is 5.13. The molecule has 2 atom stereocenters. The van der Waals surface area contributed by atoms with Crippen molar-refractivity contribution in [1.29, 1.82) is 0 Å². The van der Waals surface area contributed by atoms with Crippen LogP contribution in [-0.4, -0.2) is 11.4 Å². The van der Waals surface area contributed by atoms with E-state index in [2.05, 4.69) is 48.5 Å². The highest BCUT2D eigenvalue weighted by Crippen LogP contribution is 2.49. The van der Waals surface area contributed by atoms with Gasteiger partial charge in [-0.3, -0.25) is 5.26 Å². The summed E-state index contributed by atoms with van der Waals surface area (Å²) in [5, 5.41) is 9.27. The van der Waals surface area contributed by atoms with Crippen LogP contribution in [0.4, 0.5) is 0 Å². The largest absolute Gasteiger partial charge is 0.252 e. The lowest BCUT2D eigenvalue weighted by atomic mass is 9.58. The standard InChI is InChI=1S/C15H32O2/c1-8-9-10-11-13(17-16)15(7,12(2)3)14(4,5)6/h12-13,16H,8-11H2,1-7H3. The fourth-order valence-electron chi connectivity index (χ4n) is 2.76. The van der Waals surface area contributed by atoms with E-state index in [1.807, 2.05) is 0 Å². The summed E-state index contributed by atoms with van der Waals surface area (Å²) < 4.78 is 0. The first-order valence-corrected chi connectivity index (χ1v) is 7.02. The first kappa shape index (κ1) is 16.9. The van der Waals surface area contributed by atoms with Crippen LogP contribution in [0.3, 0.4) is 0 Å². The summed E-state index contributed by atoms with van der Waals surface area (Å²) in [5.41, 5.74) is 0.0935. The molecule has 0 spiro atoms. The minimum atomic E-state index is -0.0750. The molecular weight excluding hydrogens is 212 g/mol. The average Bonchev–Trinajstić information content (AvgIpc) is 2.21. The SMILES string of the molecule is CCCCCC(OO)C(C)(C(C)C)C(C)(C)C. The smallest absolute Gasteiger partial charge is 0.0988 e. The van der Waals surface area contributed by atoms with Gasteiger partial charge in [-0.25, -0.2) is 4.89 Å². The number of hydrogen-bond acceptors (Lipinski definition) is 2. The maximum Gasteiger partial charge on any atom is 0.0988 e. The molecule has 2 nitrogen and oxygen atoms in total. The molecule has 17 heavy (non-hydrogen) atoms. The van der Waals surface area contributed by atoms with Gasteiger partial charge < -0.3 is 0 Å². The van der Waals surface area contributed by atoms with Crippen LogP contribution in [0.5, 0.6) is 0 Å². The van der Waals surface area contributed by atoms with E-state index in [0.29, 0.717) is 5.92 Å². The van der Waals surface area contributed by atoms with Gasteiger partial charge in [-0.05, 0) is 17.8 Å². The second kappa shape index (κ2) is 6.75. The van der Waals surface area contributed by atoms with Crippen LogP contribution in [0.15, 0.2) is 0 Å². The van der Waals surface area contributed by atoms with Crippen LogP contribution in [-0.2, 0) is 4.89 Å². The average molecular weight is 244 g/mol. The van der Waals surface area contributed by atoms with Gasteiger partial charge in [0.1, 0.15) is 0 Å². The van der Waals surface area contributed by atoms with Crippen molar-refractivity contribution in [2.75, 3.05) is 0 Å². The molecule has 2 unspecified atom stereocenters. The van der Waals surface area contributed by atoms with E-state index in [1.54, 1.807) is 0 Å². The summed E-state index contributed by atoms with van der Waals surface area (Å²) in [6.07, 6.45) is 4.40. The lowest BCUT2D eigenvalue weighted by Crippen LogP contribution is -2.48. The fraction of sp³-hybridized carbons (Fsp3) is 1.00. The normalized spacial score (nSPS) is 18.2. The Morgan fingerprint density at radius 1 is 1.06 bits per heavy atom. The van der Waals surface area contributed by atoms with Crippen molar-refractivity contribution in [1.82, 2.24) is 0 Å². The highest BCUT2D eigenvalue weighted by molar-refractivity contribution is 4.94. The molecule has 0 bridgehead atoms. The van der Waals surface area contributed by atoms with Gasteiger partial charge in [0.25, 0.3) is 0 Å². The van der Waals surface area contributed by atoms with Crippen molar-refractivity contribution >= 4 is 0 Å². The maximum atomic E-state index is 9.27. The Hall–Kier alpha value is -0.0800. The molecule has 0 rings (SSSR count). The Balaban J connectivity index is 4.88. The zero-order valence-corrected chi connectivity index (χ0v) is 12.8. The quantitative estimate of drug-likeness (QED) is 0.382. The molecule has 0 saturated heterocycles. The molecule has 0 aromatic carbocycles. The molecule has 0 aromatic heterocycles. The first-order valence-electron chi connectivity index (χ1n) is 7.02. The third-order valence-corrected chi connectivity index (χ3v) is 4.68. The molecule has 104 valence electrons. The van der Waals surface area contributed by atoms with Crippen molar-refractivity contribution in [3.8, 4) is 0 Å². The molecular formula is C15H32O2. The highest BCUT2D eigenvalue weighted by atomic mass is 17.1. The molecule has 0 fully saturated rings. The molecule has 0 radical (unpaired) electrons. The lowest BCUT2D eigenvalue weighted by molar-refractivity contribution is -0.320. The van der Waals surface area contributed by atoms with Gasteiger partial charge in [0, 0.05) is 5.41 Å². The number of hydrogen-bond donors (Lipinski definition) is 1. The monoisotopic (exact) mass is 244 g/mol. The first-order chi connectivity index (χ1) is 7.71. The van der Waals surface area contributed by atoms with Crippen LogP contribution < -0.4 is 0 Å². The summed E-state index contributed by atoms with van der Waals surface area (Å²) in [6, 6.07) is 0. The van der Waals surface area contributed by atoms with Crippen LogP contribution >= 0.6 is 0 Å². The second-order valence-electron chi connectivity index (χ2n) is 6.78. The summed E-state index contributed by atoms with van der Waals surface area (Å²) in [6.45, 7) is 15.6. The minimum Gasteiger partial charge on any atom is -0.252 e. The van der Waals surface area contributed by atoms with Gasteiger partial charge in [-0.1, -0.05) is 67.7 Å². The van der Waals surface area contributed by atoms with E-state index in [4.69, 9.17) is 4.89 Å². The summed E-state index contributed by atoms with van der Waals surface area (Å²) in [4.78, 5) is 4.85. The van der Waals surface area contributed by atoms with E-state index in [-0.39, 0.29) is 16.9 Å². The molecule has 2 heteroatoms. The zero-order valence-electron chi connectivity index (χ0n) is 12.8. The lowest BCUT2D eigenvalue weighted by Gasteiger charge is -2.49. The van der Waals surface area contributed by atoms with E-state index < -0.39 is 0 Å². The van der Waals surface area contributed by atoms with Gasteiger partial charge in [0.05, 0.1) is 6.10 Å². The number of rotatable bonds is 7. The van der Waals surface area contributed by atoms with Gasteiger partial charge in [0.2, 0.25) is 0 Å². The third kappa shape index (κ3) is 3.96. The zero-order chi connectivity index (χ0) is 13.7. The Bertz CT molecular complexity index is 205. The van der Waals surface area contributed by atoms with Crippen LogP contribution in [0.2, 0.25) is 0 Å². The van der Waals surface area contributed by atoms with Crippen LogP contribution in [0, 0.1) is 16.7 Å². The predicted molar refractivity (Wildman–Crippen MR) is 74.0 cm³/mol. The van der Waals surface area contributed by atoms with Crippen LogP contribution in [0.1, 0.15) is 74.1 Å². The molecule has 0 aromatic rings. The third-order valence-electron chi connectivity index (χ3n) is 4.68. The Morgan fingerprint density at radius 2 is 1.59 bits per heavy atom. The Morgan fingerprint density at radius 3 is 1.88 bits per heavy atom. The summed E-state index contributed by atoms with van der Waals surface area (Å²) in [5.74, 6) is 0.473. The summed E-state index contributed by atoms with van der Waals surface area (Å²) >= 11 is 0. The van der Waals surface area contributed by atoms with Gasteiger partial charge in [-0.15, -0.1) is 0 Å². The molecule has 0 aliphatic rings.